The molecule has 0 aliphatic carbocycles. The highest BCUT2D eigenvalue weighted by Gasteiger charge is 1.97. The van der Waals surface area contributed by atoms with Crippen molar-refractivity contribution in [2.45, 2.75) is 20.0 Å². The Labute approximate surface area is 113 Å². The normalized spacial score (nSPS) is 11.3. The molecule has 0 aromatic heterocycles. The van der Waals surface area contributed by atoms with Crippen molar-refractivity contribution in [1.82, 2.24) is 0 Å². The first kappa shape index (κ1) is 13.1. The topological polar surface area (TPSA) is 47.6 Å². The van der Waals surface area contributed by atoms with Crippen LogP contribution in [0.15, 0.2) is 59.8 Å². The lowest BCUT2D eigenvalue weighted by molar-refractivity contribution is 0.129. The van der Waals surface area contributed by atoms with Gasteiger partial charge >= 0.3 is 0 Å². The van der Waals surface area contributed by atoms with E-state index < -0.39 is 0 Å². The van der Waals surface area contributed by atoms with Gasteiger partial charge in [0.2, 0.25) is 0 Å². The molecule has 0 radical (unpaired) electrons. The van der Waals surface area contributed by atoms with Crippen LogP contribution in [-0.2, 0) is 17.9 Å². The number of amidine groups is 1. The first-order valence-corrected chi connectivity index (χ1v) is 6.28. The van der Waals surface area contributed by atoms with Crippen molar-refractivity contribution < 1.29 is 4.84 Å². The molecule has 2 aromatic carbocycles. The Kier molecular flexibility index (Phi) is 4.56. The average Bonchev–Trinajstić information content (AvgIpc) is 2.40. The van der Waals surface area contributed by atoms with Crippen molar-refractivity contribution in [1.29, 1.82) is 0 Å². The molecule has 3 heteroatoms. The molecule has 0 aliphatic rings. The van der Waals surface area contributed by atoms with E-state index >= 15 is 0 Å². The first-order valence-electron chi connectivity index (χ1n) is 6.28. The Morgan fingerprint density at radius 3 is 2.53 bits per heavy atom. The van der Waals surface area contributed by atoms with Crippen LogP contribution in [0, 0.1) is 6.92 Å². The summed E-state index contributed by atoms with van der Waals surface area (Å²) >= 11 is 0. The SMILES string of the molecule is Cc1cccc(CO/N=C(/N)Cc2ccccc2)c1. The third-order valence-electron chi connectivity index (χ3n) is 2.72. The van der Waals surface area contributed by atoms with Crippen molar-refractivity contribution in [3.05, 3.63) is 71.3 Å². The second-order valence-corrected chi connectivity index (χ2v) is 4.51. The molecule has 3 nitrogen and oxygen atoms in total. The fourth-order valence-electron chi connectivity index (χ4n) is 1.83. The number of rotatable bonds is 5. The Morgan fingerprint density at radius 1 is 1.05 bits per heavy atom. The van der Waals surface area contributed by atoms with Gasteiger partial charge in [-0.2, -0.15) is 0 Å². The molecule has 2 aromatic rings. The first-order chi connectivity index (χ1) is 9.24. The van der Waals surface area contributed by atoms with Gasteiger partial charge in [-0.1, -0.05) is 65.3 Å². The molecule has 0 aliphatic heterocycles. The molecule has 2 N–H and O–H groups in total. The van der Waals surface area contributed by atoms with Gasteiger partial charge < -0.3 is 10.6 Å². The molecule has 0 heterocycles. The van der Waals surface area contributed by atoms with Gasteiger partial charge in [-0.3, -0.25) is 0 Å². The van der Waals surface area contributed by atoms with E-state index in [1.165, 1.54) is 5.56 Å². The second-order valence-electron chi connectivity index (χ2n) is 4.51. The molecule has 19 heavy (non-hydrogen) atoms. The summed E-state index contributed by atoms with van der Waals surface area (Å²) < 4.78 is 0. The summed E-state index contributed by atoms with van der Waals surface area (Å²) in [4.78, 5) is 5.27. The zero-order chi connectivity index (χ0) is 13.5. The van der Waals surface area contributed by atoms with E-state index in [-0.39, 0.29) is 0 Å². The summed E-state index contributed by atoms with van der Waals surface area (Å²) in [5.74, 6) is 0.485. The van der Waals surface area contributed by atoms with E-state index in [2.05, 4.69) is 24.2 Å². The number of oxime groups is 1. The lowest BCUT2D eigenvalue weighted by Gasteiger charge is -2.03. The fraction of sp³-hybridized carbons (Fsp3) is 0.188. The van der Waals surface area contributed by atoms with Gasteiger partial charge in [0.1, 0.15) is 12.4 Å². The van der Waals surface area contributed by atoms with Crippen molar-refractivity contribution in [2.24, 2.45) is 10.9 Å². The molecule has 0 atom stereocenters. The number of aryl methyl sites for hydroxylation is 1. The lowest BCUT2D eigenvalue weighted by Crippen LogP contribution is -2.15. The zero-order valence-electron chi connectivity index (χ0n) is 11.0. The minimum atomic E-state index is 0.442. The minimum Gasteiger partial charge on any atom is -0.390 e. The Bertz CT molecular complexity index is 550. The highest BCUT2D eigenvalue weighted by molar-refractivity contribution is 5.82. The van der Waals surface area contributed by atoms with Gasteiger partial charge in [-0.15, -0.1) is 0 Å². The van der Waals surface area contributed by atoms with Gasteiger partial charge in [0.05, 0.1) is 0 Å². The molecule has 0 amide bonds. The van der Waals surface area contributed by atoms with E-state index in [1.54, 1.807) is 0 Å². The van der Waals surface area contributed by atoms with Gasteiger partial charge in [0, 0.05) is 6.42 Å². The Balaban J connectivity index is 1.85. The van der Waals surface area contributed by atoms with Crippen LogP contribution in [0.3, 0.4) is 0 Å². The molecule has 2 rings (SSSR count). The fourth-order valence-corrected chi connectivity index (χ4v) is 1.83. The minimum absolute atomic E-state index is 0.442. The van der Waals surface area contributed by atoms with E-state index in [0.29, 0.717) is 18.9 Å². The maximum Gasteiger partial charge on any atom is 0.143 e. The average molecular weight is 254 g/mol. The molecule has 0 saturated heterocycles. The highest BCUT2D eigenvalue weighted by atomic mass is 16.6. The number of nitrogens with zero attached hydrogens (tertiary/aromatic N) is 1. The number of nitrogens with two attached hydrogens (primary N) is 1. The van der Waals surface area contributed by atoms with Gasteiger partial charge in [-0.05, 0) is 18.1 Å². The van der Waals surface area contributed by atoms with Crippen molar-refractivity contribution in [2.75, 3.05) is 0 Å². The molecule has 0 bridgehead atoms. The molecule has 0 fully saturated rings. The van der Waals surface area contributed by atoms with Crippen LogP contribution < -0.4 is 5.73 Å². The van der Waals surface area contributed by atoms with Crippen molar-refractivity contribution in [3.8, 4) is 0 Å². The van der Waals surface area contributed by atoms with E-state index in [1.807, 2.05) is 42.5 Å². The predicted octanol–water partition coefficient (Wildman–Crippen LogP) is 3.03. The quantitative estimate of drug-likeness (QED) is 0.506. The third kappa shape index (κ3) is 4.47. The molecule has 0 saturated carbocycles. The summed E-state index contributed by atoms with van der Waals surface area (Å²) in [7, 11) is 0. The van der Waals surface area contributed by atoms with Gasteiger partial charge in [-0.25, -0.2) is 0 Å². The van der Waals surface area contributed by atoms with Crippen molar-refractivity contribution >= 4 is 5.84 Å². The van der Waals surface area contributed by atoms with Crippen LogP contribution in [0.1, 0.15) is 16.7 Å². The Morgan fingerprint density at radius 2 is 1.79 bits per heavy atom. The molecule has 0 spiro atoms. The second kappa shape index (κ2) is 6.59. The summed E-state index contributed by atoms with van der Waals surface area (Å²) in [6.07, 6.45) is 0.606. The van der Waals surface area contributed by atoms with Crippen LogP contribution in [0.4, 0.5) is 0 Å². The zero-order valence-corrected chi connectivity index (χ0v) is 11.0. The largest absolute Gasteiger partial charge is 0.390 e. The Hall–Kier alpha value is -2.29. The number of hydrogen-bond donors (Lipinski definition) is 1. The lowest BCUT2D eigenvalue weighted by atomic mass is 10.1. The van der Waals surface area contributed by atoms with Crippen LogP contribution in [-0.4, -0.2) is 5.84 Å². The summed E-state index contributed by atoms with van der Waals surface area (Å²) in [6.45, 7) is 2.49. The van der Waals surface area contributed by atoms with Crippen molar-refractivity contribution in [3.63, 3.8) is 0 Å². The van der Waals surface area contributed by atoms with Gasteiger partial charge in [0.15, 0.2) is 0 Å². The predicted molar refractivity (Wildman–Crippen MR) is 77.7 cm³/mol. The summed E-state index contributed by atoms with van der Waals surface area (Å²) in [5.41, 5.74) is 9.26. The van der Waals surface area contributed by atoms with E-state index in [4.69, 9.17) is 10.6 Å². The van der Waals surface area contributed by atoms with E-state index in [0.717, 1.165) is 11.1 Å². The number of benzene rings is 2. The highest BCUT2D eigenvalue weighted by Crippen LogP contribution is 2.05. The van der Waals surface area contributed by atoms with Gasteiger partial charge in [0.25, 0.3) is 0 Å². The van der Waals surface area contributed by atoms with Crippen LogP contribution in [0.2, 0.25) is 0 Å². The van der Waals surface area contributed by atoms with Crippen LogP contribution in [0.5, 0.6) is 0 Å². The molecular weight excluding hydrogens is 236 g/mol. The molecule has 0 unspecified atom stereocenters. The number of hydrogen-bond acceptors (Lipinski definition) is 2. The van der Waals surface area contributed by atoms with E-state index in [9.17, 15) is 0 Å². The molecule has 98 valence electrons. The van der Waals surface area contributed by atoms with Crippen LogP contribution in [0.25, 0.3) is 0 Å². The summed E-state index contributed by atoms with van der Waals surface area (Å²) in [5, 5.41) is 3.94. The molecular formula is C16H18N2O. The maximum atomic E-state index is 5.82. The van der Waals surface area contributed by atoms with Crippen LogP contribution >= 0.6 is 0 Å². The monoisotopic (exact) mass is 254 g/mol. The smallest absolute Gasteiger partial charge is 0.143 e. The summed E-state index contributed by atoms with van der Waals surface area (Å²) in [6, 6.07) is 18.1. The third-order valence-corrected chi connectivity index (χ3v) is 2.72. The maximum absolute atomic E-state index is 5.82. The standard InChI is InChI=1S/C16H18N2O/c1-13-6-5-9-15(10-13)12-19-18-16(17)11-14-7-3-2-4-8-14/h2-10H,11-12H2,1H3,(H2,17,18).